The standard InChI is InChI=1S/C18H26N2O4/c1-3-19-17(21)12-20(4-2)18(22)15-9-5-6-10-16(15)24-13-14-8-7-11-23-14/h5-6,9-10,14H,3-4,7-8,11-13H2,1-2H3,(H,19,21). The van der Waals surface area contributed by atoms with E-state index in [1.54, 1.807) is 18.2 Å². The Balaban J connectivity index is 2.05. The van der Waals surface area contributed by atoms with Gasteiger partial charge in [-0.25, -0.2) is 0 Å². The predicted molar refractivity (Wildman–Crippen MR) is 91.2 cm³/mol. The first-order valence-electron chi connectivity index (χ1n) is 8.55. The Labute approximate surface area is 143 Å². The van der Waals surface area contributed by atoms with Crippen LogP contribution in [0.4, 0.5) is 0 Å². The summed E-state index contributed by atoms with van der Waals surface area (Å²) in [6.45, 7) is 5.96. The summed E-state index contributed by atoms with van der Waals surface area (Å²) in [5.74, 6) is 0.171. The van der Waals surface area contributed by atoms with E-state index >= 15 is 0 Å². The maximum Gasteiger partial charge on any atom is 0.258 e. The van der Waals surface area contributed by atoms with E-state index in [1.807, 2.05) is 19.9 Å². The molecule has 1 heterocycles. The van der Waals surface area contributed by atoms with Crippen molar-refractivity contribution < 1.29 is 19.1 Å². The molecule has 1 aromatic rings. The Morgan fingerprint density at radius 2 is 2.12 bits per heavy atom. The summed E-state index contributed by atoms with van der Waals surface area (Å²) in [4.78, 5) is 26.1. The molecule has 6 heteroatoms. The Morgan fingerprint density at radius 3 is 2.79 bits per heavy atom. The maximum atomic E-state index is 12.8. The highest BCUT2D eigenvalue weighted by molar-refractivity contribution is 5.98. The number of carbonyl (C=O) groups excluding carboxylic acids is 2. The molecule has 0 aromatic heterocycles. The molecule has 2 rings (SSSR count). The van der Waals surface area contributed by atoms with Crippen LogP contribution in [0.1, 0.15) is 37.0 Å². The van der Waals surface area contributed by atoms with E-state index in [0.29, 0.717) is 31.0 Å². The van der Waals surface area contributed by atoms with Crippen molar-refractivity contribution >= 4 is 11.8 Å². The SMILES string of the molecule is CCNC(=O)CN(CC)C(=O)c1ccccc1OCC1CCCO1. The average molecular weight is 334 g/mol. The van der Waals surface area contributed by atoms with Gasteiger partial charge in [0.25, 0.3) is 5.91 Å². The highest BCUT2D eigenvalue weighted by Crippen LogP contribution is 2.22. The molecule has 6 nitrogen and oxygen atoms in total. The van der Waals surface area contributed by atoms with E-state index in [1.165, 1.54) is 4.90 Å². The van der Waals surface area contributed by atoms with Gasteiger partial charge in [0, 0.05) is 19.7 Å². The summed E-state index contributed by atoms with van der Waals surface area (Å²) in [7, 11) is 0. The van der Waals surface area contributed by atoms with Crippen LogP contribution in [0, 0.1) is 0 Å². The Morgan fingerprint density at radius 1 is 1.33 bits per heavy atom. The Hall–Kier alpha value is -2.08. The minimum absolute atomic E-state index is 0.0449. The molecule has 0 saturated carbocycles. The van der Waals surface area contributed by atoms with Crippen LogP contribution in [0.3, 0.4) is 0 Å². The molecule has 1 N–H and O–H groups in total. The van der Waals surface area contributed by atoms with Gasteiger partial charge < -0.3 is 19.7 Å². The average Bonchev–Trinajstić information content (AvgIpc) is 3.11. The lowest BCUT2D eigenvalue weighted by Gasteiger charge is -2.22. The number of nitrogens with zero attached hydrogens (tertiary/aromatic N) is 1. The zero-order valence-electron chi connectivity index (χ0n) is 14.4. The summed E-state index contributed by atoms with van der Waals surface area (Å²) < 4.78 is 11.4. The summed E-state index contributed by atoms with van der Waals surface area (Å²) in [6.07, 6.45) is 2.12. The van der Waals surface area contributed by atoms with E-state index in [4.69, 9.17) is 9.47 Å². The number of amides is 2. The molecule has 1 aliphatic rings. The molecule has 1 atom stereocenters. The van der Waals surface area contributed by atoms with E-state index in [9.17, 15) is 9.59 Å². The highest BCUT2D eigenvalue weighted by Gasteiger charge is 2.22. The molecular formula is C18H26N2O4. The second-order valence-electron chi connectivity index (χ2n) is 5.72. The lowest BCUT2D eigenvalue weighted by atomic mass is 10.1. The largest absolute Gasteiger partial charge is 0.490 e. The predicted octanol–water partition coefficient (Wildman–Crippen LogP) is 1.84. The minimum Gasteiger partial charge on any atom is -0.490 e. The van der Waals surface area contributed by atoms with Crippen molar-refractivity contribution in [3.63, 3.8) is 0 Å². The monoisotopic (exact) mass is 334 g/mol. The lowest BCUT2D eigenvalue weighted by molar-refractivity contribution is -0.121. The van der Waals surface area contributed by atoms with E-state index < -0.39 is 0 Å². The molecule has 0 aliphatic carbocycles. The second-order valence-corrected chi connectivity index (χ2v) is 5.72. The number of benzene rings is 1. The summed E-state index contributed by atoms with van der Waals surface area (Å²) in [6, 6.07) is 7.14. The molecule has 24 heavy (non-hydrogen) atoms. The molecular weight excluding hydrogens is 308 g/mol. The van der Waals surface area contributed by atoms with Gasteiger partial charge >= 0.3 is 0 Å². The fraction of sp³-hybridized carbons (Fsp3) is 0.556. The Kier molecular flexibility index (Phi) is 7.06. The highest BCUT2D eigenvalue weighted by atomic mass is 16.5. The van der Waals surface area contributed by atoms with E-state index in [-0.39, 0.29) is 24.5 Å². The molecule has 1 saturated heterocycles. The van der Waals surface area contributed by atoms with Crippen molar-refractivity contribution in [1.82, 2.24) is 10.2 Å². The molecule has 1 unspecified atom stereocenters. The zero-order valence-corrected chi connectivity index (χ0v) is 14.4. The number of carbonyl (C=O) groups is 2. The van der Waals surface area contributed by atoms with Crippen LogP contribution >= 0.6 is 0 Å². The van der Waals surface area contributed by atoms with Gasteiger partial charge in [-0.05, 0) is 38.8 Å². The minimum atomic E-state index is -0.202. The number of para-hydroxylation sites is 1. The van der Waals surface area contributed by atoms with Gasteiger partial charge in [-0.2, -0.15) is 0 Å². The zero-order chi connectivity index (χ0) is 17.4. The van der Waals surface area contributed by atoms with Crippen molar-refractivity contribution in [2.75, 3.05) is 32.8 Å². The van der Waals surface area contributed by atoms with E-state index in [0.717, 1.165) is 19.4 Å². The van der Waals surface area contributed by atoms with Crippen molar-refractivity contribution in [1.29, 1.82) is 0 Å². The number of hydrogen-bond donors (Lipinski definition) is 1. The first-order valence-corrected chi connectivity index (χ1v) is 8.55. The number of rotatable bonds is 8. The van der Waals surface area contributed by atoms with Crippen molar-refractivity contribution in [2.45, 2.75) is 32.8 Å². The van der Waals surface area contributed by atoms with Gasteiger partial charge in [0.05, 0.1) is 18.2 Å². The number of hydrogen-bond acceptors (Lipinski definition) is 4. The van der Waals surface area contributed by atoms with Gasteiger partial charge in [0.1, 0.15) is 12.4 Å². The third kappa shape index (κ3) is 4.96. The molecule has 0 bridgehead atoms. The summed E-state index contributed by atoms with van der Waals surface area (Å²) in [5, 5.41) is 2.71. The summed E-state index contributed by atoms with van der Waals surface area (Å²) >= 11 is 0. The van der Waals surface area contributed by atoms with Crippen LogP contribution in [-0.2, 0) is 9.53 Å². The number of likely N-dealkylation sites (N-methyl/N-ethyl adjacent to an activating group) is 2. The first kappa shape index (κ1) is 18.3. The van der Waals surface area contributed by atoms with Crippen LogP contribution in [0.15, 0.2) is 24.3 Å². The molecule has 0 radical (unpaired) electrons. The molecule has 0 spiro atoms. The third-order valence-electron chi connectivity index (χ3n) is 3.94. The summed E-state index contributed by atoms with van der Waals surface area (Å²) in [5.41, 5.74) is 0.474. The van der Waals surface area contributed by atoms with Gasteiger partial charge in [0.2, 0.25) is 5.91 Å². The number of ether oxygens (including phenoxy) is 2. The quantitative estimate of drug-likeness (QED) is 0.788. The second kappa shape index (κ2) is 9.27. The fourth-order valence-electron chi connectivity index (χ4n) is 2.65. The molecule has 1 aliphatic heterocycles. The van der Waals surface area contributed by atoms with Crippen molar-refractivity contribution in [2.24, 2.45) is 0 Å². The van der Waals surface area contributed by atoms with Gasteiger partial charge in [-0.1, -0.05) is 12.1 Å². The molecule has 1 fully saturated rings. The Bertz CT molecular complexity index is 556. The van der Waals surface area contributed by atoms with Crippen LogP contribution in [0.25, 0.3) is 0 Å². The van der Waals surface area contributed by atoms with Gasteiger partial charge in [-0.15, -0.1) is 0 Å². The van der Waals surface area contributed by atoms with Crippen LogP contribution < -0.4 is 10.1 Å². The van der Waals surface area contributed by atoms with Gasteiger partial charge in [0.15, 0.2) is 0 Å². The van der Waals surface area contributed by atoms with E-state index in [2.05, 4.69) is 5.32 Å². The molecule has 1 aromatic carbocycles. The van der Waals surface area contributed by atoms with Crippen molar-refractivity contribution in [3.05, 3.63) is 29.8 Å². The lowest BCUT2D eigenvalue weighted by Crippen LogP contribution is -2.40. The van der Waals surface area contributed by atoms with Gasteiger partial charge in [-0.3, -0.25) is 9.59 Å². The third-order valence-corrected chi connectivity index (χ3v) is 3.94. The topological polar surface area (TPSA) is 67.9 Å². The first-order chi connectivity index (χ1) is 11.7. The smallest absolute Gasteiger partial charge is 0.258 e. The van der Waals surface area contributed by atoms with Crippen molar-refractivity contribution in [3.8, 4) is 5.75 Å². The van der Waals surface area contributed by atoms with Crippen LogP contribution in [0.5, 0.6) is 5.75 Å². The maximum absolute atomic E-state index is 12.8. The van der Waals surface area contributed by atoms with Crippen LogP contribution in [0.2, 0.25) is 0 Å². The molecule has 2 amide bonds. The number of nitrogens with one attached hydrogen (secondary N) is 1. The van der Waals surface area contributed by atoms with Crippen LogP contribution in [-0.4, -0.2) is 55.7 Å². The fourth-order valence-corrected chi connectivity index (χ4v) is 2.65. The normalized spacial score (nSPS) is 16.7. The molecule has 132 valence electrons.